The fourth-order valence-corrected chi connectivity index (χ4v) is 1.49. The van der Waals surface area contributed by atoms with E-state index in [4.69, 9.17) is 10.00 Å². The third-order valence-corrected chi connectivity index (χ3v) is 2.61. The zero-order valence-electron chi connectivity index (χ0n) is 10.6. The van der Waals surface area contributed by atoms with E-state index in [1.165, 1.54) is 12.1 Å². The van der Waals surface area contributed by atoms with Crippen LogP contribution in [0, 0.1) is 22.6 Å². The topological polar surface area (TPSA) is 50.1 Å². The number of hydrogen-bond donors (Lipinski definition) is 0. The minimum Gasteiger partial charge on any atom is -0.493 e. The van der Waals surface area contributed by atoms with Crippen LogP contribution in [0.2, 0.25) is 0 Å². The monoisotopic (exact) mass is 249 g/mol. The second kappa shape index (κ2) is 6.15. The molecular formula is C14H16FNO2. The van der Waals surface area contributed by atoms with Gasteiger partial charge in [-0.05, 0) is 44.9 Å². The van der Waals surface area contributed by atoms with Crippen molar-refractivity contribution < 1.29 is 13.9 Å². The number of halogens is 1. The Hall–Kier alpha value is -1.89. The van der Waals surface area contributed by atoms with Gasteiger partial charge in [0.25, 0.3) is 0 Å². The van der Waals surface area contributed by atoms with Crippen molar-refractivity contribution in [2.75, 3.05) is 6.61 Å². The molecule has 0 bridgehead atoms. The van der Waals surface area contributed by atoms with Crippen LogP contribution in [-0.2, 0) is 0 Å². The molecule has 0 aliphatic rings. The second-order valence-electron chi connectivity index (χ2n) is 4.75. The Morgan fingerprint density at radius 3 is 2.83 bits per heavy atom. The van der Waals surface area contributed by atoms with Crippen LogP contribution in [0.15, 0.2) is 18.2 Å². The highest BCUT2D eigenvalue weighted by Gasteiger charge is 2.15. The first-order valence-corrected chi connectivity index (χ1v) is 5.77. The molecule has 1 rings (SSSR count). The summed E-state index contributed by atoms with van der Waals surface area (Å²) in [4.78, 5) is 10.7. The predicted octanol–water partition coefficient (Wildman–Crippen LogP) is 3.35. The summed E-state index contributed by atoms with van der Waals surface area (Å²) in [6, 6.07) is 6.04. The van der Waals surface area contributed by atoms with E-state index in [2.05, 4.69) is 6.07 Å². The maximum atomic E-state index is 12.9. The summed E-state index contributed by atoms with van der Waals surface area (Å²) in [5.41, 5.74) is -0.172. The molecule has 0 saturated carbocycles. The van der Waals surface area contributed by atoms with Gasteiger partial charge >= 0.3 is 0 Å². The van der Waals surface area contributed by atoms with E-state index in [0.29, 0.717) is 31.5 Å². The summed E-state index contributed by atoms with van der Waals surface area (Å²) in [5.74, 6) is -0.0868. The molecule has 0 radical (unpaired) electrons. The standard InChI is InChI=1S/C14H16FNO2/c1-14(2,10-16)6-3-7-18-13-5-4-12(15)8-11(13)9-17/h4-5,8-9H,3,6-7H2,1-2H3. The van der Waals surface area contributed by atoms with E-state index in [1.807, 2.05) is 13.8 Å². The molecule has 18 heavy (non-hydrogen) atoms. The van der Waals surface area contributed by atoms with Gasteiger partial charge in [-0.15, -0.1) is 0 Å². The summed E-state index contributed by atoms with van der Waals surface area (Å²) < 4.78 is 18.3. The van der Waals surface area contributed by atoms with Crippen LogP contribution >= 0.6 is 0 Å². The number of nitrogens with zero attached hydrogens (tertiary/aromatic N) is 1. The summed E-state index contributed by atoms with van der Waals surface area (Å²) >= 11 is 0. The molecule has 3 nitrogen and oxygen atoms in total. The highest BCUT2D eigenvalue weighted by Crippen LogP contribution is 2.22. The van der Waals surface area contributed by atoms with Gasteiger partial charge in [-0.1, -0.05) is 0 Å². The number of rotatable bonds is 6. The molecule has 0 atom stereocenters. The van der Waals surface area contributed by atoms with Crippen LogP contribution in [0.25, 0.3) is 0 Å². The second-order valence-corrected chi connectivity index (χ2v) is 4.75. The zero-order valence-corrected chi connectivity index (χ0v) is 10.6. The van der Waals surface area contributed by atoms with Crippen molar-refractivity contribution >= 4 is 6.29 Å². The van der Waals surface area contributed by atoms with E-state index < -0.39 is 5.82 Å². The predicted molar refractivity (Wildman–Crippen MR) is 65.9 cm³/mol. The molecule has 0 heterocycles. The minimum atomic E-state index is -0.463. The van der Waals surface area contributed by atoms with Crippen LogP contribution < -0.4 is 4.74 Å². The summed E-state index contributed by atoms with van der Waals surface area (Å²) in [7, 11) is 0. The number of nitriles is 1. The average Bonchev–Trinajstić information content (AvgIpc) is 2.36. The third kappa shape index (κ3) is 4.17. The Bertz CT molecular complexity index is 463. The molecule has 0 spiro atoms. The number of carbonyl (C=O) groups excluding carboxylic acids is 1. The van der Waals surface area contributed by atoms with Crippen LogP contribution in [-0.4, -0.2) is 12.9 Å². The van der Waals surface area contributed by atoms with Crippen molar-refractivity contribution in [2.24, 2.45) is 5.41 Å². The lowest BCUT2D eigenvalue weighted by atomic mass is 9.90. The molecule has 0 amide bonds. The van der Waals surface area contributed by atoms with E-state index in [9.17, 15) is 9.18 Å². The molecular weight excluding hydrogens is 233 g/mol. The molecule has 0 aliphatic heterocycles. The molecule has 4 heteroatoms. The molecule has 1 aromatic rings. The van der Waals surface area contributed by atoms with Crippen LogP contribution in [0.4, 0.5) is 4.39 Å². The minimum absolute atomic E-state index is 0.203. The van der Waals surface area contributed by atoms with Gasteiger partial charge in [-0.2, -0.15) is 5.26 Å². The maximum absolute atomic E-state index is 12.9. The molecule has 96 valence electrons. The van der Waals surface area contributed by atoms with Crippen molar-refractivity contribution in [3.8, 4) is 11.8 Å². The summed E-state index contributed by atoms with van der Waals surface area (Å²) in [6.45, 7) is 4.13. The Kier molecular flexibility index (Phi) is 4.85. The fraction of sp³-hybridized carbons (Fsp3) is 0.429. The van der Waals surface area contributed by atoms with Crippen molar-refractivity contribution in [1.82, 2.24) is 0 Å². The molecule has 0 saturated heterocycles. The van der Waals surface area contributed by atoms with E-state index in [-0.39, 0.29) is 11.0 Å². The highest BCUT2D eigenvalue weighted by atomic mass is 19.1. The summed E-state index contributed by atoms with van der Waals surface area (Å²) in [6.07, 6.45) is 1.98. The van der Waals surface area contributed by atoms with Crippen LogP contribution in [0.3, 0.4) is 0 Å². The SMILES string of the molecule is CC(C)(C#N)CCCOc1ccc(F)cc1C=O. The number of aldehydes is 1. The first kappa shape index (κ1) is 14.2. The van der Waals surface area contributed by atoms with Gasteiger partial charge in [0, 0.05) is 0 Å². The first-order chi connectivity index (χ1) is 8.48. The smallest absolute Gasteiger partial charge is 0.153 e. The van der Waals surface area contributed by atoms with Crippen molar-refractivity contribution in [3.05, 3.63) is 29.6 Å². The Morgan fingerprint density at radius 2 is 2.22 bits per heavy atom. The largest absolute Gasteiger partial charge is 0.493 e. The molecule has 0 N–H and O–H groups in total. The lowest BCUT2D eigenvalue weighted by Crippen LogP contribution is -2.10. The van der Waals surface area contributed by atoms with E-state index >= 15 is 0 Å². The number of hydrogen-bond acceptors (Lipinski definition) is 3. The zero-order chi connectivity index (χ0) is 13.6. The normalized spacial score (nSPS) is 10.8. The Morgan fingerprint density at radius 1 is 1.50 bits per heavy atom. The third-order valence-electron chi connectivity index (χ3n) is 2.61. The van der Waals surface area contributed by atoms with Gasteiger partial charge in [-0.25, -0.2) is 4.39 Å². The van der Waals surface area contributed by atoms with E-state index in [1.54, 1.807) is 0 Å². The average molecular weight is 249 g/mol. The number of ether oxygens (including phenoxy) is 1. The van der Waals surface area contributed by atoms with Crippen LogP contribution in [0.1, 0.15) is 37.0 Å². The van der Waals surface area contributed by atoms with Gasteiger partial charge < -0.3 is 4.74 Å². The molecule has 0 aromatic heterocycles. The van der Waals surface area contributed by atoms with Crippen molar-refractivity contribution in [3.63, 3.8) is 0 Å². The number of benzene rings is 1. The van der Waals surface area contributed by atoms with Gasteiger partial charge in [0.15, 0.2) is 6.29 Å². The number of carbonyl (C=O) groups is 1. The fourth-order valence-electron chi connectivity index (χ4n) is 1.49. The molecule has 1 aromatic carbocycles. The Labute approximate surface area is 106 Å². The summed E-state index contributed by atoms with van der Waals surface area (Å²) in [5, 5.41) is 8.84. The molecule has 0 aliphatic carbocycles. The highest BCUT2D eigenvalue weighted by molar-refractivity contribution is 5.79. The van der Waals surface area contributed by atoms with Crippen molar-refractivity contribution in [2.45, 2.75) is 26.7 Å². The quantitative estimate of drug-likeness (QED) is 0.574. The Balaban J connectivity index is 2.50. The van der Waals surface area contributed by atoms with Gasteiger partial charge in [-0.3, -0.25) is 4.79 Å². The van der Waals surface area contributed by atoms with E-state index in [0.717, 1.165) is 6.07 Å². The van der Waals surface area contributed by atoms with Gasteiger partial charge in [0.1, 0.15) is 11.6 Å². The lowest BCUT2D eigenvalue weighted by molar-refractivity contribution is 0.111. The lowest BCUT2D eigenvalue weighted by Gasteiger charge is -2.15. The maximum Gasteiger partial charge on any atom is 0.153 e. The first-order valence-electron chi connectivity index (χ1n) is 5.77. The van der Waals surface area contributed by atoms with Gasteiger partial charge in [0.2, 0.25) is 0 Å². The molecule has 0 unspecified atom stereocenters. The van der Waals surface area contributed by atoms with Crippen LogP contribution in [0.5, 0.6) is 5.75 Å². The van der Waals surface area contributed by atoms with Gasteiger partial charge in [0.05, 0.1) is 23.7 Å². The molecule has 0 fully saturated rings. The van der Waals surface area contributed by atoms with Crippen molar-refractivity contribution in [1.29, 1.82) is 5.26 Å².